The number of aromatic nitrogens is 6. The van der Waals surface area contributed by atoms with Gasteiger partial charge in [-0.15, -0.1) is 6.61 Å². The number of ether oxygens (including phenoxy) is 1. The number of imidazole rings is 2. The van der Waals surface area contributed by atoms with Crippen LogP contribution in [0.5, 0.6) is 0 Å². The third kappa shape index (κ3) is 9.85. The molecule has 2 saturated heterocycles. The van der Waals surface area contributed by atoms with E-state index >= 15 is 0 Å². The molecule has 3 aromatic carbocycles. The molecule has 13 heteroatoms. The predicted octanol–water partition coefficient (Wildman–Crippen LogP) is 3.20. The third-order valence-electron chi connectivity index (χ3n) is 10.1. The summed E-state index contributed by atoms with van der Waals surface area (Å²) in [4.78, 5) is 35.3. The second kappa shape index (κ2) is 20.0. The molecule has 56 heavy (non-hydrogen) atoms. The van der Waals surface area contributed by atoms with E-state index < -0.39 is 19.1 Å². The molecule has 0 bridgehead atoms. The zero-order valence-corrected chi connectivity index (χ0v) is 34.0. The summed E-state index contributed by atoms with van der Waals surface area (Å²) in [5, 5.41) is 18.3. The molecule has 4 aromatic heterocycles. The van der Waals surface area contributed by atoms with Gasteiger partial charge in [-0.3, -0.25) is 8.80 Å². The van der Waals surface area contributed by atoms with Gasteiger partial charge in [-0.1, -0.05) is 49.4 Å². The molecule has 2 fully saturated rings. The summed E-state index contributed by atoms with van der Waals surface area (Å²) in [7, 11) is 0. The maximum atomic E-state index is 12.2. The van der Waals surface area contributed by atoms with E-state index in [0.29, 0.717) is 17.1 Å². The Morgan fingerprint density at radius 1 is 0.714 bits per heavy atom. The Hall–Kier alpha value is -4.59. The SMILES string of the molecule is CC[O-].[2H]C([2H])(CC1CCN(c2ccn3c(n2)nc2ccccc23)CC1)OC(=O)c1ccccc1.[2H]C([2H])(O)CC1CCN(c2ccn3c(n2)nc2ccccc23)CC1.[Na+]. The summed E-state index contributed by atoms with van der Waals surface area (Å²) in [6.07, 6.45) is 7.76. The molecule has 7 aromatic rings. The van der Waals surface area contributed by atoms with Crippen molar-refractivity contribution >= 4 is 51.2 Å². The number of anilines is 2. The van der Waals surface area contributed by atoms with Gasteiger partial charge in [-0.2, -0.15) is 9.97 Å². The van der Waals surface area contributed by atoms with Gasteiger partial charge in [0.2, 0.25) is 11.6 Å². The molecule has 0 saturated carbocycles. The number of aliphatic hydroxyl groups is 1. The Kier molecular flexibility index (Phi) is 12.8. The predicted molar refractivity (Wildman–Crippen MR) is 214 cm³/mol. The van der Waals surface area contributed by atoms with Crippen molar-refractivity contribution in [1.29, 1.82) is 0 Å². The molecule has 0 radical (unpaired) electrons. The Morgan fingerprint density at radius 3 is 1.64 bits per heavy atom. The molecule has 1 N–H and O–H groups in total. The van der Waals surface area contributed by atoms with E-state index in [-0.39, 0.29) is 60.8 Å². The summed E-state index contributed by atoms with van der Waals surface area (Å²) in [6, 6.07) is 28.5. The van der Waals surface area contributed by atoms with Crippen LogP contribution in [0, 0.1) is 11.8 Å². The molecule has 6 heterocycles. The van der Waals surface area contributed by atoms with E-state index in [1.807, 2.05) is 81.9 Å². The maximum Gasteiger partial charge on any atom is 1.00 e. The van der Waals surface area contributed by atoms with E-state index in [1.165, 1.54) is 0 Å². The monoisotopic (exact) mass is 768 g/mol. The minimum atomic E-state index is -2.07. The molecule has 286 valence electrons. The normalized spacial score (nSPS) is 16.5. The number of hydrogen-bond donors (Lipinski definition) is 1. The maximum absolute atomic E-state index is 12.2. The van der Waals surface area contributed by atoms with Crippen LogP contribution >= 0.6 is 0 Å². The standard InChI is InChI=1S/C24H24N4O2.C17H20N4O.C2H5O.Na/c29-23(19-6-2-1-3-7-19)30-17-13-18-10-14-27(15-11-18)22-12-16-28-21-9-5-4-8-20(21)25-24(28)26-22;22-12-8-13-5-9-20(10-6-13)16-7-11-21-15-4-2-1-3-14(15)18-17(21)19-16;1-2-3;/h1-9,12,16,18H,10-11,13-15,17H2;1-4,7,11,13,22H,5-6,8-10,12H2;2H2,1H3;/q;;-1;+1/i17D2;12D2;;. The van der Waals surface area contributed by atoms with Gasteiger partial charge in [0.25, 0.3) is 0 Å². The number of hydrogen-bond acceptors (Lipinski definition) is 10. The summed E-state index contributed by atoms with van der Waals surface area (Å²) >= 11 is 0. The zero-order valence-electron chi connectivity index (χ0n) is 36.0. The van der Waals surface area contributed by atoms with Crippen molar-refractivity contribution < 1.29 is 54.8 Å². The quantitative estimate of drug-likeness (QED) is 0.182. The molecular formula is C43H49N8NaO4. The van der Waals surface area contributed by atoms with E-state index in [1.54, 1.807) is 37.3 Å². The van der Waals surface area contributed by atoms with Gasteiger partial charge in [0, 0.05) is 45.1 Å². The molecule has 0 atom stereocenters. The molecule has 2 aliphatic heterocycles. The molecule has 0 amide bonds. The Balaban J connectivity index is 0.000000192. The van der Waals surface area contributed by atoms with Crippen molar-refractivity contribution in [2.45, 2.75) is 45.4 Å². The largest absolute Gasteiger partial charge is 1.00 e. The van der Waals surface area contributed by atoms with Crippen LogP contribution in [-0.4, -0.2) is 85.7 Å². The average Bonchev–Trinajstić information content (AvgIpc) is 3.79. The number of esters is 1. The fourth-order valence-electron chi connectivity index (χ4n) is 7.15. The Bertz CT molecular complexity index is 2480. The van der Waals surface area contributed by atoms with Crippen LogP contribution in [0.15, 0.2) is 103 Å². The third-order valence-corrected chi connectivity index (χ3v) is 10.1. The van der Waals surface area contributed by atoms with Gasteiger partial charge in [-0.25, -0.2) is 14.8 Å². The van der Waals surface area contributed by atoms with Gasteiger partial charge in [-0.05, 0) is 98.9 Å². The minimum absolute atomic E-state index is 0. The van der Waals surface area contributed by atoms with Crippen molar-refractivity contribution in [3.63, 3.8) is 0 Å². The average molecular weight is 769 g/mol. The van der Waals surface area contributed by atoms with Gasteiger partial charge >= 0.3 is 35.5 Å². The van der Waals surface area contributed by atoms with Crippen LogP contribution in [0.3, 0.4) is 0 Å². The topological polar surface area (TPSA) is 136 Å². The number of piperidine rings is 2. The summed E-state index contributed by atoms with van der Waals surface area (Å²) in [5.41, 5.74) is 4.30. The second-order valence-corrected chi connectivity index (χ2v) is 13.7. The smallest absolute Gasteiger partial charge is 0.855 e. The molecule has 0 unspecified atom stereocenters. The van der Waals surface area contributed by atoms with Crippen LogP contribution in [0.2, 0.25) is 0 Å². The van der Waals surface area contributed by atoms with E-state index in [2.05, 4.69) is 19.8 Å². The van der Waals surface area contributed by atoms with Crippen LogP contribution in [0.1, 0.15) is 61.3 Å². The molecule has 12 nitrogen and oxygen atoms in total. The first-order valence-corrected chi connectivity index (χ1v) is 19.0. The number of carbonyl (C=O) groups is 1. The first-order chi connectivity index (χ1) is 28.4. The second-order valence-electron chi connectivity index (χ2n) is 13.7. The molecule has 0 aliphatic carbocycles. The number of benzene rings is 3. The van der Waals surface area contributed by atoms with Crippen LogP contribution in [0.4, 0.5) is 11.6 Å². The van der Waals surface area contributed by atoms with Crippen molar-refractivity contribution in [1.82, 2.24) is 28.7 Å². The van der Waals surface area contributed by atoms with E-state index in [4.69, 9.17) is 25.3 Å². The van der Waals surface area contributed by atoms with Gasteiger partial charge < -0.3 is 24.7 Å². The van der Waals surface area contributed by atoms with E-state index in [9.17, 15) is 9.90 Å². The van der Waals surface area contributed by atoms with Gasteiger partial charge in [0.1, 0.15) is 11.6 Å². The number of nitrogens with zero attached hydrogens (tertiary/aromatic N) is 8. The Morgan fingerprint density at radius 2 is 1.16 bits per heavy atom. The van der Waals surface area contributed by atoms with Gasteiger partial charge in [0.15, 0.2) is 0 Å². The summed E-state index contributed by atoms with van der Waals surface area (Å²) < 4.78 is 40.1. The van der Waals surface area contributed by atoms with Crippen molar-refractivity contribution in [3.05, 3.63) is 109 Å². The molecular weight excluding hydrogens is 716 g/mol. The number of carbonyl (C=O) groups excluding carboxylic acids is 1. The summed E-state index contributed by atoms with van der Waals surface area (Å²) in [6.45, 7) is 0.703. The first-order valence-electron chi connectivity index (χ1n) is 21.0. The van der Waals surface area contributed by atoms with Crippen molar-refractivity contribution in [2.75, 3.05) is 55.7 Å². The summed E-state index contributed by atoms with van der Waals surface area (Å²) in [5.74, 6) is 2.89. The number of fused-ring (bicyclic) bond motifs is 6. The first kappa shape index (κ1) is 35.8. The van der Waals surface area contributed by atoms with Crippen molar-refractivity contribution in [3.8, 4) is 0 Å². The number of rotatable bonds is 8. The van der Waals surface area contributed by atoms with Crippen LogP contribution in [-0.2, 0) is 4.74 Å². The molecule has 2 aliphatic rings. The Labute approximate surface area is 355 Å². The molecule has 9 rings (SSSR count). The van der Waals surface area contributed by atoms with Crippen LogP contribution < -0.4 is 44.5 Å². The minimum Gasteiger partial charge on any atom is -0.855 e. The molecule has 0 spiro atoms. The fourth-order valence-corrected chi connectivity index (χ4v) is 7.15. The zero-order chi connectivity index (χ0) is 41.6. The fraction of sp³-hybridized carbons (Fsp3) is 0.372. The van der Waals surface area contributed by atoms with E-state index in [0.717, 1.165) is 85.6 Å². The van der Waals surface area contributed by atoms with Crippen molar-refractivity contribution in [2.24, 2.45) is 11.8 Å². The number of para-hydroxylation sites is 4. The van der Waals surface area contributed by atoms with Crippen LogP contribution in [0.25, 0.3) is 33.6 Å². The van der Waals surface area contributed by atoms with Gasteiger partial charge in [0.05, 0.1) is 39.7 Å².